The predicted molar refractivity (Wildman–Crippen MR) is 90.0 cm³/mol. The third-order valence-corrected chi connectivity index (χ3v) is 4.66. The summed E-state index contributed by atoms with van der Waals surface area (Å²) in [7, 11) is 0. The summed E-state index contributed by atoms with van der Waals surface area (Å²) in [5, 5.41) is 2.19. The van der Waals surface area contributed by atoms with E-state index >= 15 is 0 Å². The second-order valence-electron chi connectivity index (χ2n) is 4.41. The lowest BCUT2D eigenvalue weighted by atomic mass is 10.2. The van der Waals surface area contributed by atoms with Crippen LogP contribution < -0.4 is 5.73 Å². The van der Waals surface area contributed by atoms with E-state index in [1.54, 1.807) is 12.1 Å². The van der Waals surface area contributed by atoms with Gasteiger partial charge in [0, 0.05) is 15.3 Å². The van der Waals surface area contributed by atoms with Crippen LogP contribution in [-0.2, 0) is 5.75 Å². The van der Waals surface area contributed by atoms with E-state index in [9.17, 15) is 0 Å². The zero-order valence-electron chi connectivity index (χ0n) is 10.9. The predicted octanol–water partition coefficient (Wildman–Crippen LogP) is 4.81. The van der Waals surface area contributed by atoms with E-state index in [-0.39, 0.29) is 0 Å². The number of nitrogens with two attached hydrogens (primary N) is 1. The SMILES string of the molecule is Nc1nc(CSc2cc(Cl)ccc2Cl)nc2ccccc12. The van der Waals surface area contributed by atoms with E-state index in [4.69, 9.17) is 28.9 Å². The third kappa shape index (κ3) is 3.23. The lowest BCUT2D eigenvalue weighted by molar-refractivity contribution is 1.08. The molecule has 1 heterocycles. The Kier molecular flexibility index (Phi) is 4.19. The van der Waals surface area contributed by atoms with Crippen molar-refractivity contribution < 1.29 is 0 Å². The second kappa shape index (κ2) is 6.10. The molecule has 0 amide bonds. The van der Waals surface area contributed by atoms with E-state index in [2.05, 4.69) is 9.97 Å². The minimum absolute atomic E-state index is 0.494. The van der Waals surface area contributed by atoms with E-state index in [1.165, 1.54) is 11.8 Å². The average molecular weight is 336 g/mol. The zero-order valence-corrected chi connectivity index (χ0v) is 13.2. The van der Waals surface area contributed by atoms with E-state index in [0.717, 1.165) is 15.8 Å². The maximum atomic E-state index is 6.14. The van der Waals surface area contributed by atoms with E-state index in [0.29, 0.717) is 27.4 Å². The highest BCUT2D eigenvalue weighted by atomic mass is 35.5. The fourth-order valence-corrected chi connectivity index (χ4v) is 3.29. The van der Waals surface area contributed by atoms with Gasteiger partial charge in [-0.15, -0.1) is 11.8 Å². The molecule has 0 saturated carbocycles. The van der Waals surface area contributed by atoms with Crippen molar-refractivity contribution in [2.24, 2.45) is 0 Å². The number of halogens is 2. The summed E-state index contributed by atoms with van der Waals surface area (Å²) >= 11 is 13.7. The summed E-state index contributed by atoms with van der Waals surface area (Å²) in [6.07, 6.45) is 0. The smallest absolute Gasteiger partial charge is 0.141 e. The van der Waals surface area contributed by atoms with Crippen LogP contribution in [0.5, 0.6) is 0 Å². The van der Waals surface area contributed by atoms with Crippen LogP contribution in [0.2, 0.25) is 10.0 Å². The lowest BCUT2D eigenvalue weighted by Crippen LogP contribution is -1.99. The molecule has 3 nitrogen and oxygen atoms in total. The third-order valence-electron chi connectivity index (χ3n) is 2.93. The zero-order chi connectivity index (χ0) is 14.8. The molecule has 0 radical (unpaired) electrons. The van der Waals surface area contributed by atoms with Crippen molar-refractivity contribution in [2.75, 3.05) is 5.73 Å². The maximum Gasteiger partial charge on any atom is 0.141 e. The number of rotatable bonds is 3. The van der Waals surface area contributed by atoms with Crippen LogP contribution in [0.3, 0.4) is 0 Å². The van der Waals surface area contributed by atoms with E-state index < -0.39 is 0 Å². The number of nitrogens with zero attached hydrogens (tertiary/aromatic N) is 2. The quantitative estimate of drug-likeness (QED) is 0.697. The summed E-state index contributed by atoms with van der Waals surface area (Å²) < 4.78 is 0. The highest BCUT2D eigenvalue weighted by Crippen LogP contribution is 2.32. The fourth-order valence-electron chi connectivity index (χ4n) is 1.95. The van der Waals surface area contributed by atoms with Gasteiger partial charge >= 0.3 is 0 Å². The summed E-state index contributed by atoms with van der Waals surface area (Å²) in [4.78, 5) is 9.76. The number of hydrogen-bond acceptors (Lipinski definition) is 4. The molecule has 0 atom stereocenters. The maximum absolute atomic E-state index is 6.14. The fraction of sp³-hybridized carbons (Fsp3) is 0.0667. The Morgan fingerprint density at radius 3 is 2.71 bits per heavy atom. The first-order chi connectivity index (χ1) is 10.1. The molecule has 0 aliphatic heterocycles. The largest absolute Gasteiger partial charge is 0.383 e. The van der Waals surface area contributed by atoms with Crippen LogP contribution in [0.1, 0.15) is 5.82 Å². The Morgan fingerprint density at radius 2 is 1.86 bits per heavy atom. The Hall–Kier alpha value is -1.49. The van der Waals surface area contributed by atoms with Gasteiger partial charge in [-0.25, -0.2) is 9.97 Å². The number of benzene rings is 2. The minimum atomic E-state index is 0.494. The molecule has 1 aromatic heterocycles. The first kappa shape index (κ1) is 14.4. The van der Waals surface area contributed by atoms with Gasteiger partial charge in [-0.3, -0.25) is 0 Å². The van der Waals surface area contributed by atoms with Crippen molar-refractivity contribution in [3.8, 4) is 0 Å². The minimum Gasteiger partial charge on any atom is -0.383 e. The van der Waals surface area contributed by atoms with Gasteiger partial charge < -0.3 is 5.73 Å². The molecular weight excluding hydrogens is 325 g/mol. The van der Waals surface area contributed by atoms with Crippen LogP contribution in [0.15, 0.2) is 47.4 Å². The summed E-state index contributed by atoms with van der Waals surface area (Å²) in [5.74, 6) is 1.75. The van der Waals surface area contributed by atoms with Crippen molar-refractivity contribution in [3.63, 3.8) is 0 Å². The number of para-hydroxylation sites is 1. The van der Waals surface area contributed by atoms with Gasteiger partial charge in [0.25, 0.3) is 0 Å². The molecule has 2 aromatic carbocycles. The highest BCUT2D eigenvalue weighted by Gasteiger charge is 2.07. The van der Waals surface area contributed by atoms with Gasteiger partial charge in [-0.05, 0) is 30.3 Å². The lowest BCUT2D eigenvalue weighted by Gasteiger charge is -2.06. The molecule has 106 valence electrons. The Morgan fingerprint density at radius 1 is 1.05 bits per heavy atom. The molecule has 0 unspecified atom stereocenters. The normalized spacial score (nSPS) is 11.0. The molecule has 3 rings (SSSR count). The highest BCUT2D eigenvalue weighted by molar-refractivity contribution is 7.98. The standard InChI is InChI=1S/C15H11Cl2N3S/c16-9-5-6-11(17)13(7-9)21-8-14-19-12-4-2-1-3-10(12)15(18)20-14/h1-7H,8H2,(H2,18,19,20). The topological polar surface area (TPSA) is 51.8 Å². The number of thioether (sulfide) groups is 1. The molecule has 0 bridgehead atoms. The molecule has 21 heavy (non-hydrogen) atoms. The van der Waals surface area contributed by atoms with Gasteiger partial charge in [0.1, 0.15) is 11.6 Å². The van der Waals surface area contributed by atoms with Gasteiger partial charge in [0.15, 0.2) is 0 Å². The first-order valence-electron chi connectivity index (χ1n) is 6.22. The summed E-state index contributed by atoms with van der Waals surface area (Å²) in [6.45, 7) is 0. The number of fused-ring (bicyclic) bond motifs is 1. The Bertz CT molecular complexity index is 808. The second-order valence-corrected chi connectivity index (χ2v) is 6.27. The molecule has 0 fully saturated rings. The first-order valence-corrected chi connectivity index (χ1v) is 7.96. The summed E-state index contributed by atoms with van der Waals surface area (Å²) in [6, 6.07) is 13.1. The van der Waals surface area contributed by atoms with Gasteiger partial charge in [0.05, 0.1) is 16.3 Å². The number of hydrogen-bond donors (Lipinski definition) is 1. The molecule has 0 spiro atoms. The molecular formula is C15H11Cl2N3S. The summed E-state index contributed by atoms with van der Waals surface area (Å²) in [5.41, 5.74) is 6.82. The Balaban J connectivity index is 1.87. The molecule has 0 saturated heterocycles. The Labute approximate surface area is 136 Å². The molecule has 3 aromatic rings. The van der Waals surface area contributed by atoms with Crippen molar-refractivity contribution >= 4 is 51.7 Å². The van der Waals surface area contributed by atoms with Crippen LogP contribution in [0, 0.1) is 0 Å². The van der Waals surface area contributed by atoms with Crippen LogP contribution in [0.25, 0.3) is 10.9 Å². The van der Waals surface area contributed by atoms with Crippen molar-refractivity contribution in [1.82, 2.24) is 9.97 Å². The van der Waals surface area contributed by atoms with Gasteiger partial charge in [0.2, 0.25) is 0 Å². The van der Waals surface area contributed by atoms with Crippen molar-refractivity contribution in [1.29, 1.82) is 0 Å². The number of nitrogen functional groups attached to an aromatic ring is 1. The van der Waals surface area contributed by atoms with E-state index in [1.807, 2.05) is 30.3 Å². The van der Waals surface area contributed by atoms with Gasteiger partial charge in [-0.2, -0.15) is 0 Å². The number of aromatic nitrogens is 2. The average Bonchev–Trinajstić information content (AvgIpc) is 2.48. The molecule has 0 aliphatic carbocycles. The van der Waals surface area contributed by atoms with Crippen LogP contribution >= 0.6 is 35.0 Å². The number of anilines is 1. The molecule has 2 N–H and O–H groups in total. The van der Waals surface area contributed by atoms with Crippen molar-refractivity contribution in [3.05, 3.63) is 58.3 Å². The van der Waals surface area contributed by atoms with Gasteiger partial charge in [-0.1, -0.05) is 35.3 Å². The van der Waals surface area contributed by atoms with Crippen molar-refractivity contribution in [2.45, 2.75) is 10.6 Å². The molecule has 0 aliphatic rings. The molecule has 6 heteroatoms. The van der Waals surface area contributed by atoms with Crippen LogP contribution in [-0.4, -0.2) is 9.97 Å². The van der Waals surface area contributed by atoms with Crippen LogP contribution in [0.4, 0.5) is 5.82 Å². The monoisotopic (exact) mass is 335 g/mol.